The van der Waals surface area contributed by atoms with Gasteiger partial charge in [-0.1, -0.05) is 18.2 Å². The Morgan fingerprint density at radius 1 is 0.938 bits per heavy atom. The maximum Gasteiger partial charge on any atom is 0.262 e. The van der Waals surface area contributed by atoms with Crippen LogP contribution in [0, 0.1) is 0 Å². The standard InChI is InChI=1S/C24H21N3O5/c1-29-17-12-16(13-18(14-17)30-2)26-24-19(23(28)27-21-9-4-5-10-25-21)11-15-7-6-8-20(31-3)22(15)32-24/h4-14H,1-3H3,(H,25,27,28). The number of ether oxygens (including phenoxy) is 3. The zero-order valence-corrected chi connectivity index (χ0v) is 17.8. The summed E-state index contributed by atoms with van der Waals surface area (Å²) in [4.78, 5) is 21.8. The number of para-hydroxylation sites is 1. The van der Waals surface area contributed by atoms with Crippen molar-refractivity contribution in [3.05, 3.63) is 78.0 Å². The molecule has 1 amide bonds. The molecule has 32 heavy (non-hydrogen) atoms. The van der Waals surface area contributed by atoms with E-state index in [1.807, 2.05) is 12.1 Å². The largest absolute Gasteiger partial charge is 0.497 e. The number of hydrogen-bond acceptors (Lipinski definition) is 7. The number of carbonyl (C=O) groups excluding carboxylic acids is 1. The molecule has 0 saturated heterocycles. The molecule has 4 rings (SSSR count). The van der Waals surface area contributed by atoms with Crippen molar-refractivity contribution >= 4 is 28.4 Å². The van der Waals surface area contributed by atoms with Crippen molar-refractivity contribution in [1.29, 1.82) is 0 Å². The van der Waals surface area contributed by atoms with Crippen LogP contribution in [0.4, 0.5) is 11.5 Å². The van der Waals surface area contributed by atoms with E-state index in [0.717, 1.165) is 0 Å². The number of pyridine rings is 1. The van der Waals surface area contributed by atoms with Crippen LogP contribution in [0.1, 0.15) is 10.4 Å². The summed E-state index contributed by atoms with van der Waals surface area (Å²) in [5.74, 6) is 1.64. The molecule has 162 valence electrons. The van der Waals surface area contributed by atoms with Crippen LogP contribution in [0.3, 0.4) is 0 Å². The van der Waals surface area contributed by atoms with Crippen LogP contribution in [-0.2, 0) is 0 Å². The van der Waals surface area contributed by atoms with Gasteiger partial charge in [0.25, 0.3) is 5.91 Å². The first-order valence-electron chi connectivity index (χ1n) is 9.72. The highest BCUT2D eigenvalue weighted by atomic mass is 16.5. The zero-order valence-electron chi connectivity index (χ0n) is 17.8. The SMILES string of the molecule is COc1cc(N=c2oc3c(OC)cccc3cc2C(=O)Nc2ccccn2)cc(OC)c1. The zero-order chi connectivity index (χ0) is 22.5. The van der Waals surface area contributed by atoms with Gasteiger partial charge in [-0.2, -0.15) is 0 Å². The molecule has 0 unspecified atom stereocenters. The highest BCUT2D eigenvalue weighted by molar-refractivity contribution is 6.05. The molecular formula is C24H21N3O5. The van der Waals surface area contributed by atoms with Crippen LogP contribution in [0.5, 0.6) is 17.2 Å². The summed E-state index contributed by atoms with van der Waals surface area (Å²) in [6.07, 6.45) is 1.60. The number of methoxy groups -OCH3 is 3. The van der Waals surface area contributed by atoms with Crippen LogP contribution < -0.4 is 25.1 Å². The van der Waals surface area contributed by atoms with E-state index >= 15 is 0 Å². The highest BCUT2D eigenvalue weighted by Crippen LogP contribution is 2.28. The first kappa shape index (κ1) is 20.9. The molecule has 1 N–H and O–H groups in total. The summed E-state index contributed by atoms with van der Waals surface area (Å²) < 4.78 is 22.1. The maximum atomic E-state index is 13.1. The van der Waals surface area contributed by atoms with Crippen molar-refractivity contribution in [2.45, 2.75) is 0 Å². The minimum Gasteiger partial charge on any atom is -0.497 e. The number of aromatic nitrogens is 1. The molecule has 2 aromatic heterocycles. The van der Waals surface area contributed by atoms with Gasteiger partial charge in [-0.15, -0.1) is 0 Å². The van der Waals surface area contributed by atoms with Crippen molar-refractivity contribution < 1.29 is 23.4 Å². The number of benzene rings is 2. The van der Waals surface area contributed by atoms with E-state index in [4.69, 9.17) is 18.6 Å². The fraction of sp³-hybridized carbons (Fsp3) is 0.125. The second kappa shape index (κ2) is 9.22. The smallest absolute Gasteiger partial charge is 0.262 e. The predicted octanol–water partition coefficient (Wildman–Crippen LogP) is 4.34. The lowest BCUT2D eigenvalue weighted by Gasteiger charge is -2.09. The third kappa shape index (κ3) is 4.39. The molecule has 0 atom stereocenters. The van der Waals surface area contributed by atoms with Crippen LogP contribution >= 0.6 is 0 Å². The van der Waals surface area contributed by atoms with Gasteiger partial charge < -0.3 is 23.9 Å². The van der Waals surface area contributed by atoms with Gasteiger partial charge >= 0.3 is 0 Å². The molecule has 0 aliphatic carbocycles. The molecule has 8 nitrogen and oxygen atoms in total. The van der Waals surface area contributed by atoms with E-state index in [-0.39, 0.29) is 11.1 Å². The molecule has 0 bridgehead atoms. The number of hydrogen-bond donors (Lipinski definition) is 1. The Labute approximate surface area is 184 Å². The first-order chi connectivity index (χ1) is 15.6. The average Bonchev–Trinajstić information content (AvgIpc) is 2.83. The van der Waals surface area contributed by atoms with E-state index in [1.54, 1.807) is 76.1 Å². The Morgan fingerprint density at radius 2 is 1.72 bits per heavy atom. The van der Waals surface area contributed by atoms with Gasteiger partial charge in [0, 0.05) is 29.8 Å². The molecule has 0 spiro atoms. The lowest BCUT2D eigenvalue weighted by Crippen LogP contribution is -2.22. The van der Waals surface area contributed by atoms with Crippen LogP contribution in [0.15, 0.2) is 76.3 Å². The second-order valence-electron chi connectivity index (χ2n) is 6.70. The lowest BCUT2D eigenvalue weighted by atomic mass is 10.1. The van der Waals surface area contributed by atoms with E-state index in [1.165, 1.54) is 0 Å². The maximum absolute atomic E-state index is 13.1. The Kier molecular flexibility index (Phi) is 6.03. The number of fused-ring (bicyclic) bond motifs is 1. The Morgan fingerprint density at radius 3 is 2.38 bits per heavy atom. The van der Waals surface area contributed by atoms with Gasteiger partial charge in [-0.3, -0.25) is 4.79 Å². The predicted molar refractivity (Wildman–Crippen MR) is 120 cm³/mol. The topological polar surface area (TPSA) is 95.2 Å². The number of amides is 1. The molecule has 2 aromatic carbocycles. The van der Waals surface area contributed by atoms with Gasteiger partial charge in [0.15, 0.2) is 11.3 Å². The monoisotopic (exact) mass is 431 g/mol. The van der Waals surface area contributed by atoms with Gasteiger partial charge in [0.05, 0.1) is 27.0 Å². The van der Waals surface area contributed by atoms with Crippen molar-refractivity contribution in [3.8, 4) is 17.2 Å². The first-order valence-corrected chi connectivity index (χ1v) is 9.72. The third-order valence-corrected chi connectivity index (χ3v) is 4.68. The molecule has 8 heteroatoms. The minimum atomic E-state index is -0.411. The Balaban J connectivity index is 1.91. The normalized spacial score (nSPS) is 11.3. The summed E-state index contributed by atoms with van der Waals surface area (Å²) in [6, 6.07) is 17.5. The van der Waals surface area contributed by atoms with Crippen molar-refractivity contribution in [1.82, 2.24) is 4.98 Å². The summed E-state index contributed by atoms with van der Waals surface area (Å²) in [7, 11) is 4.65. The van der Waals surface area contributed by atoms with E-state index in [0.29, 0.717) is 39.7 Å². The molecule has 0 aliphatic heterocycles. The summed E-state index contributed by atoms with van der Waals surface area (Å²) in [5, 5.41) is 3.46. The lowest BCUT2D eigenvalue weighted by molar-refractivity contribution is 0.102. The second-order valence-corrected chi connectivity index (χ2v) is 6.70. The van der Waals surface area contributed by atoms with Gasteiger partial charge in [-0.25, -0.2) is 9.98 Å². The summed E-state index contributed by atoms with van der Waals surface area (Å²) in [5.41, 5.74) is 1.30. The Bertz CT molecular complexity index is 1310. The summed E-state index contributed by atoms with van der Waals surface area (Å²) >= 11 is 0. The highest BCUT2D eigenvalue weighted by Gasteiger charge is 2.16. The third-order valence-electron chi connectivity index (χ3n) is 4.68. The fourth-order valence-electron chi connectivity index (χ4n) is 3.13. The van der Waals surface area contributed by atoms with E-state index < -0.39 is 5.91 Å². The molecule has 0 aliphatic rings. The van der Waals surface area contributed by atoms with Gasteiger partial charge in [-0.05, 0) is 24.3 Å². The number of anilines is 1. The average molecular weight is 431 g/mol. The molecular weight excluding hydrogens is 410 g/mol. The Hall–Kier alpha value is -4.33. The quantitative estimate of drug-likeness (QED) is 0.488. The number of carbonyl (C=O) groups is 1. The van der Waals surface area contributed by atoms with Crippen molar-refractivity contribution in [2.24, 2.45) is 4.99 Å². The van der Waals surface area contributed by atoms with Gasteiger partial charge in [0.1, 0.15) is 22.9 Å². The van der Waals surface area contributed by atoms with E-state index in [2.05, 4.69) is 15.3 Å². The number of rotatable bonds is 6. The number of nitrogens with zero attached hydrogens (tertiary/aromatic N) is 2. The molecule has 4 aromatic rings. The van der Waals surface area contributed by atoms with Crippen molar-refractivity contribution in [2.75, 3.05) is 26.6 Å². The van der Waals surface area contributed by atoms with Crippen LogP contribution in [0.2, 0.25) is 0 Å². The fourth-order valence-corrected chi connectivity index (χ4v) is 3.13. The number of nitrogens with one attached hydrogen (secondary N) is 1. The molecule has 0 fully saturated rings. The van der Waals surface area contributed by atoms with Crippen molar-refractivity contribution in [3.63, 3.8) is 0 Å². The van der Waals surface area contributed by atoms with Crippen LogP contribution in [0.25, 0.3) is 11.0 Å². The van der Waals surface area contributed by atoms with Crippen LogP contribution in [-0.4, -0.2) is 32.2 Å². The molecule has 0 saturated carbocycles. The molecule has 2 heterocycles. The molecule has 0 radical (unpaired) electrons. The van der Waals surface area contributed by atoms with E-state index in [9.17, 15) is 4.79 Å². The summed E-state index contributed by atoms with van der Waals surface area (Å²) in [6.45, 7) is 0. The minimum absolute atomic E-state index is 0.103. The van der Waals surface area contributed by atoms with Gasteiger partial charge in [0.2, 0.25) is 5.55 Å².